The number of phosphoric ester groups is 1. The second-order valence-electron chi connectivity index (χ2n) is 14.5. The third-order valence-corrected chi connectivity index (χ3v) is 10.3. The zero-order chi connectivity index (χ0) is 39.3. The van der Waals surface area contributed by atoms with Crippen LogP contribution >= 0.6 is 7.82 Å². The number of hydrogen-bond donors (Lipinski definition) is 4. The molecule has 3 atom stereocenters. The number of unbranched alkanes of at least 4 members (excludes halogenated alkanes) is 24. The first kappa shape index (κ1) is 51.2. The standard InChI is InChI=1S/C41H78NO10P/c1-3-5-7-9-11-13-15-16-17-18-19-20-21-23-24-26-28-30-32-39(44)42-38(41(46)47)36-52-53(48,49)51-35-37(43)34-50-40(45)33-31-29-27-25-22-14-12-10-8-6-4-2/h17-18,37-38,43H,3-16,19-36H2,1-2H3,(H,42,44)(H,46,47)(H,48,49)/b18-17-. The van der Waals surface area contributed by atoms with Gasteiger partial charge < -0.3 is 25.2 Å². The minimum Gasteiger partial charge on any atom is -0.480 e. The number of phosphoric acid groups is 1. The third kappa shape index (κ3) is 36.9. The highest BCUT2D eigenvalue weighted by molar-refractivity contribution is 7.47. The molecule has 1 amide bonds. The molecular weight excluding hydrogens is 697 g/mol. The van der Waals surface area contributed by atoms with Gasteiger partial charge in [-0.15, -0.1) is 0 Å². The van der Waals surface area contributed by atoms with Crippen LogP contribution in [0.4, 0.5) is 0 Å². The molecule has 0 bridgehead atoms. The van der Waals surface area contributed by atoms with E-state index in [9.17, 15) is 34.1 Å². The van der Waals surface area contributed by atoms with Crippen molar-refractivity contribution in [2.75, 3.05) is 19.8 Å². The van der Waals surface area contributed by atoms with Gasteiger partial charge in [0.15, 0.2) is 6.04 Å². The van der Waals surface area contributed by atoms with Crippen molar-refractivity contribution in [1.82, 2.24) is 5.32 Å². The van der Waals surface area contributed by atoms with Crippen LogP contribution in [0.1, 0.15) is 200 Å². The maximum atomic E-state index is 12.3. The number of aliphatic hydroxyl groups excluding tert-OH is 1. The first-order chi connectivity index (χ1) is 25.6. The van der Waals surface area contributed by atoms with Gasteiger partial charge in [-0.05, 0) is 38.5 Å². The molecule has 0 heterocycles. The normalized spacial score (nSPS) is 13.9. The van der Waals surface area contributed by atoms with Crippen LogP contribution in [0.2, 0.25) is 0 Å². The molecule has 0 aromatic carbocycles. The number of rotatable bonds is 40. The molecule has 0 radical (unpaired) electrons. The number of esters is 1. The zero-order valence-electron chi connectivity index (χ0n) is 33.6. The first-order valence-corrected chi connectivity index (χ1v) is 22.7. The van der Waals surface area contributed by atoms with Crippen LogP contribution < -0.4 is 5.32 Å². The molecule has 0 fully saturated rings. The average Bonchev–Trinajstić information content (AvgIpc) is 3.13. The van der Waals surface area contributed by atoms with Crippen molar-refractivity contribution in [1.29, 1.82) is 0 Å². The molecule has 0 saturated carbocycles. The van der Waals surface area contributed by atoms with Crippen LogP contribution in [-0.2, 0) is 32.7 Å². The van der Waals surface area contributed by atoms with Gasteiger partial charge in [0.1, 0.15) is 12.7 Å². The van der Waals surface area contributed by atoms with Crippen molar-refractivity contribution >= 4 is 25.7 Å². The maximum absolute atomic E-state index is 12.3. The van der Waals surface area contributed by atoms with Gasteiger partial charge in [-0.2, -0.15) is 0 Å². The molecule has 0 aromatic heterocycles. The van der Waals surface area contributed by atoms with Gasteiger partial charge in [0.05, 0.1) is 13.2 Å². The maximum Gasteiger partial charge on any atom is 0.472 e. The lowest BCUT2D eigenvalue weighted by atomic mass is 10.1. The van der Waals surface area contributed by atoms with Gasteiger partial charge in [-0.1, -0.05) is 161 Å². The summed E-state index contributed by atoms with van der Waals surface area (Å²) in [4.78, 5) is 45.8. The number of hydrogen-bond acceptors (Lipinski definition) is 8. The molecule has 0 saturated heterocycles. The Bertz CT molecular complexity index is 963. The Kier molecular flexibility index (Phi) is 35.9. The van der Waals surface area contributed by atoms with Gasteiger partial charge in [0, 0.05) is 12.8 Å². The van der Waals surface area contributed by atoms with Gasteiger partial charge >= 0.3 is 19.8 Å². The van der Waals surface area contributed by atoms with E-state index < -0.39 is 57.6 Å². The number of allylic oxidation sites excluding steroid dienone is 2. The topological polar surface area (TPSA) is 169 Å². The van der Waals surface area contributed by atoms with Gasteiger partial charge in [-0.25, -0.2) is 9.36 Å². The Labute approximate surface area is 322 Å². The Morgan fingerprint density at radius 1 is 0.585 bits per heavy atom. The summed E-state index contributed by atoms with van der Waals surface area (Å²) in [5, 5.41) is 21.8. The molecule has 3 unspecified atom stereocenters. The fraction of sp³-hybridized carbons (Fsp3) is 0.878. The molecule has 312 valence electrons. The SMILES string of the molecule is CCCCCCCCC/C=C\CCCCCCCCCC(=O)NC(COP(=O)(O)OCC(O)COC(=O)CCCCCCCCCCCCC)C(=O)O. The Morgan fingerprint density at radius 2 is 0.981 bits per heavy atom. The average molecular weight is 776 g/mol. The molecule has 0 aliphatic rings. The van der Waals surface area contributed by atoms with E-state index in [0.717, 1.165) is 51.4 Å². The molecule has 0 aliphatic heterocycles. The Balaban J connectivity index is 3.91. The molecule has 11 nitrogen and oxygen atoms in total. The number of ether oxygens (including phenoxy) is 1. The van der Waals surface area contributed by atoms with E-state index in [2.05, 4.69) is 31.3 Å². The molecule has 0 spiro atoms. The van der Waals surface area contributed by atoms with Crippen molar-refractivity contribution in [3.8, 4) is 0 Å². The van der Waals surface area contributed by atoms with E-state index >= 15 is 0 Å². The van der Waals surface area contributed by atoms with Gasteiger partial charge in [0.2, 0.25) is 5.91 Å². The van der Waals surface area contributed by atoms with Crippen LogP contribution in [-0.4, -0.2) is 64.9 Å². The van der Waals surface area contributed by atoms with E-state index in [-0.39, 0.29) is 12.8 Å². The van der Waals surface area contributed by atoms with Crippen molar-refractivity contribution in [2.24, 2.45) is 0 Å². The number of aliphatic hydroxyl groups is 1. The summed E-state index contributed by atoms with van der Waals surface area (Å²) in [6.45, 7) is 2.58. The number of nitrogens with one attached hydrogen (secondary N) is 1. The molecule has 4 N–H and O–H groups in total. The highest BCUT2D eigenvalue weighted by atomic mass is 31.2. The van der Waals surface area contributed by atoms with Gasteiger partial charge in [0.25, 0.3) is 0 Å². The summed E-state index contributed by atoms with van der Waals surface area (Å²) in [6, 6.07) is -1.54. The fourth-order valence-corrected chi connectivity index (χ4v) is 6.73. The minimum atomic E-state index is -4.75. The van der Waals surface area contributed by atoms with E-state index in [1.807, 2.05) is 0 Å². The predicted molar refractivity (Wildman–Crippen MR) is 213 cm³/mol. The highest BCUT2D eigenvalue weighted by Gasteiger charge is 2.28. The van der Waals surface area contributed by atoms with Crippen LogP contribution in [0.25, 0.3) is 0 Å². The smallest absolute Gasteiger partial charge is 0.472 e. The van der Waals surface area contributed by atoms with Gasteiger partial charge in [-0.3, -0.25) is 18.6 Å². The van der Waals surface area contributed by atoms with E-state index in [4.69, 9.17) is 13.8 Å². The lowest BCUT2D eigenvalue weighted by Crippen LogP contribution is -2.43. The molecule has 53 heavy (non-hydrogen) atoms. The fourth-order valence-electron chi connectivity index (χ4n) is 5.96. The van der Waals surface area contributed by atoms with Crippen molar-refractivity contribution < 1.29 is 47.8 Å². The van der Waals surface area contributed by atoms with Crippen molar-refractivity contribution in [2.45, 2.75) is 212 Å². The summed E-state index contributed by atoms with van der Waals surface area (Å²) in [5.74, 6) is -2.37. The molecule has 0 rings (SSSR count). The molecule has 12 heteroatoms. The first-order valence-electron chi connectivity index (χ1n) is 21.2. The summed E-state index contributed by atoms with van der Waals surface area (Å²) in [7, 11) is -4.75. The predicted octanol–water partition coefficient (Wildman–Crippen LogP) is 10.5. The lowest BCUT2D eigenvalue weighted by Gasteiger charge is -2.18. The highest BCUT2D eigenvalue weighted by Crippen LogP contribution is 2.43. The second-order valence-corrected chi connectivity index (χ2v) is 16.0. The molecule has 0 aliphatic carbocycles. The van der Waals surface area contributed by atoms with E-state index in [1.165, 1.54) is 109 Å². The number of carbonyl (C=O) groups excluding carboxylic acids is 2. The van der Waals surface area contributed by atoms with E-state index in [1.54, 1.807) is 0 Å². The number of carboxylic acids is 1. The van der Waals surface area contributed by atoms with Crippen LogP contribution in [0, 0.1) is 0 Å². The second kappa shape index (κ2) is 37.2. The number of carbonyl (C=O) groups is 3. The lowest BCUT2D eigenvalue weighted by molar-refractivity contribution is -0.147. The largest absolute Gasteiger partial charge is 0.480 e. The summed E-state index contributed by atoms with van der Waals surface area (Å²) in [6.07, 6.45) is 35.2. The van der Waals surface area contributed by atoms with Crippen LogP contribution in [0.3, 0.4) is 0 Å². The van der Waals surface area contributed by atoms with E-state index in [0.29, 0.717) is 12.8 Å². The minimum absolute atomic E-state index is 0.144. The van der Waals surface area contributed by atoms with Crippen LogP contribution in [0.15, 0.2) is 12.2 Å². The monoisotopic (exact) mass is 776 g/mol. The number of amides is 1. The quantitative estimate of drug-likeness (QED) is 0.0203. The third-order valence-electron chi connectivity index (χ3n) is 9.30. The molecular formula is C41H78NO10P. The molecule has 0 aromatic rings. The van der Waals surface area contributed by atoms with Crippen molar-refractivity contribution in [3.05, 3.63) is 12.2 Å². The zero-order valence-corrected chi connectivity index (χ0v) is 34.5. The number of carboxylic acid groups (broad SMARTS) is 1. The summed E-state index contributed by atoms with van der Waals surface area (Å²) >= 11 is 0. The summed E-state index contributed by atoms with van der Waals surface area (Å²) < 4.78 is 26.8. The Hall–Kier alpha value is -1.78. The number of aliphatic carboxylic acids is 1. The summed E-state index contributed by atoms with van der Waals surface area (Å²) in [5.41, 5.74) is 0. The Morgan fingerprint density at radius 3 is 1.43 bits per heavy atom. The van der Waals surface area contributed by atoms with Crippen molar-refractivity contribution in [3.63, 3.8) is 0 Å². The van der Waals surface area contributed by atoms with Crippen LogP contribution in [0.5, 0.6) is 0 Å².